The van der Waals surface area contributed by atoms with Gasteiger partial charge in [-0.15, -0.1) is 0 Å². The Bertz CT molecular complexity index is 668. The molecule has 3 rings (SSSR count). The monoisotopic (exact) mass is 415 g/mol. The fourth-order valence-electron chi connectivity index (χ4n) is 6.00. The molecule has 0 bridgehead atoms. The third-order valence-corrected chi connectivity index (χ3v) is 7.97. The van der Waals surface area contributed by atoms with Crippen molar-refractivity contribution < 1.29 is 8.78 Å². The fraction of sp³-hybridized carbons (Fsp3) is 0.741. The molecule has 0 unspecified atom stereocenters. The van der Waals surface area contributed by atoms with Gasteiger partial charge in [-0.1, -0.05) is 64.7 Å². The van der Waals surface area contributed by atoms with E-state index in [-0.39, 0.29) is 0 Å². The smallest absolute Gasteiger partial charge is 0.144 e. The molecule has 166 valence electrons. The van der Waals surface area contributed by atoms with Crippen molar-refractivity contribution in [2.45, 2.75) is 103 Å². The number of unbranched alkanes of at least 4 members (excludes halogenated alkanes) is 3. The van der Waals surface area contributed by atoms with Crippen LogP contribution in [0, 0.1) is 46.6 Å². The highest BCUT2D eigenvalue weighted by atomic mass is 19.1. The standard InChI is InChI=1S/C27H39F2N/c1-2-3-4-5-6-20-9-13-23(14-10-20)24-15-11-21(12-16-24)7-8-22-17-26(28)25(19-30)27(29)18-22/h17-18,20-21,23-24H,2-16H2,1H3. The fourth-order valence-corrected chi connectivity index (χ4v) is 6.00. The Kier molecular flexibility index (Phi) is 9.16. The summed E-state index contributed by atoms with van der Waals surface area (Å²) in [4.78, 5) is 0. The molecule has 0 aromatic heterocycles. The zero-order valence-electron chi connectivity index (χ0n) is 18.8. The van der Waals surface area contributed by atoms with E-state index in [0.717, 1.165) is 24.2 Å². The first-order valence-corrected chi connectivity index (χ1v) is 12.5. The topological polar surface area (TPSA) is 23.8 Å². The van der Waals surface area contributed by atoms with Gasteiger partial charge in [-0.25, -0.2) is 8.78 Å². The molecule has 0 heterocycles. The number of nitrogens with zero attached hydrogens (tertiary/aromatic N) is 1. The third kappa shape index (κ3) is 6.53. The molecular formula is C27H39F2N. The van der Waals surface area contributed by atoms with E-state index in [9.17, 15) is 8.78 Å². The molecule has 0 aliphatic heterocycles. The molecule has 1 aromatic carbocycles. The van der Waals surface area contributed by atoms with Crippen LogP contribution in [0.25, 0.3) is 0 Å². The Morgan fingerprint density at radius 1 is 0.800 bits per heavy atom. The highest BCUT2D eigenvalue weighted by molar-refractivity contribution is 5.35. The molecule has 0 N–H and O–H groups in total. The molecular weight excluding hydrogens is 376 g/mol. The zero-order chi connectivity index (χ0) is 21.3. The van der Waals surface area contributed by atoms with Crippen molar-refractivity contribution >= 4 is 0 Å². The van der Waals surface area contributed by atoms with Crippen molar-refractivity contribution in [1.29, 1.82) is 5.26 Å². The largest absolute Gasteiger partial charge is 0.205 e. The number of rotatable bonds is 9. The highest BCUT2D eigenvalue weighted by Crippen LogP contribution is 2.43. The van der Waals surface area contributed by atoms with Crippen LogP contribution in [0.15, 0.2) is 12.1 Å². The summed E-state index contributed by atoms with van der Waals surface area (Å²) in [7, 11) is 0. The quantitative estimate of drug-likeness (QED) is 0.372. The number of benzene rings is 1. The van der Waals surface area contributed by atoms with Gasteiger partial charge >= 0.3 is 0 Å². The summed E-state index contributed by atoms with van der Waals surface area (Å²) < 4.78 is 27.6. The van der Waals surface area contributed by atoms with Crippen LogP contribution in [0.5, 0.6) is 0 Å². The molecule has 3 heteroatoms. The first kappa shape index (κ1) is 23.2. The van der Waals surface area contributed by atoms with Crippen LogP contribution in [-0.2, 0) is 6.42 Å². The first-order valence-electron chi connectivity index (χ1n) is 12.5. The van der Waals surface area contributed by atoms with Crippen LogP contribution in [0.1, 0.15) is 108 Å². The SMILES string of the molecule is CCCCCCC1CCC(C2CCC(CCc3cc(F)c(C#N)c(F)c3)CC2)CC1. The molecule has 0 saturated heterocycles. The summed E-state index contributed by atoms with van der Waals surface area (Å²) in [6, 6.07) is 4.28. The van der Waals surface area contributed by atoms with Crippen LogP contribution in [0.2, 0.25) is 0 Å². The van der Waals surface area contributed by atoms with Crippen molar-refractivity contribution in [2.75, 3.05) is 0 Å². The van der Waals surface area contributed by atoms with E-state index in [1.807, 2.05) is 0 Å². The Morgan fingerprint density at radius 2 is 1.33 bits per heavy atom. The molecule has 2 aliphatic carbocycles. The summed E-state index contributed by atoms with van der Waals surface area (Å²) in [6.07, 6.45) is 19.7. The maximum absolute atomic E-state index is 13.8. The highest BCUT2D eigenvalue weighted by Gasteiger charge is 2.30. The summed E-state index contributed by atoms with van der Waals surface area (Å²) in [5, 5.41) is 8.80. The molecule has 1 aromatic rings. The molecule has 0 atom stereocenters. The Hall–Kier alpha value is -1.43. The lowest BCUT2D eigenvalue weighted by Crippen LogP contribution is -2.26. The van der Waals surface area contributed by atoms with Gasteiger partial charge in [0.05, 0.1) is 0 Å². The van der Waals surface area contributed by atoms with Gasteiger partial charge in [0, 0.05) is 0 Å². The summed E-state index contributed by atoms with van der Waals surface area (Å²) in [6.45, 7) is 2.28. The molecule has 0 amide bonds. The lowest BCUT2D eigenvalue weighted by Gasteiger charge is -2.38. The van der Waals surface area contributed by atoms with Crippen molar-refractivity contribution in [3.05, 3.63) is 34.9 Å². The molecule has 2 saturated carbocycles. The molecule has 30 heavy (non-hydrogen) atoms. The predicted molar refractivity (Wildman–Crippen MR) is 119 cm³/mol. The second kappa shape index (κ2) is 11.8. The van der Waals surface area contributed by atoms with Gasteiger partial charge in [0.15, 0.2) is 0 Å². The lowest BCUT2D eigenvalue weighted by molar-refractivity contribution is 0.140. The average Bonchev–Trinajstić information content (AvgIpc) is 2.76. The number of aryl methyl sites for hydroxylation is 1. The van der Waals surface area contributed by atoms with Gasteiger partial charge < -0.3 is 0 Å². The van der Waals surface area contributed by atoms with Crippen LogP contribution in [0.4, 0.5) is 8.78 Å². The van der Waals surface area contributed by atoms with Crippen molar-refractivity contribution in [3.63, 3.8) is 0 Å². The second-order valence-corrected chi connectivity index (χ2v) is 10.00. The predicted octanol–water partition coefficient (Wildman–Crippen LogP) is 8.35. The van der Waals surface area contributed by atoms with Crippen molar-refractivity contribution in [3.8, 4) is 6.07 Å². The van der Waals surface area contributed by atoms with Crippen LogP contribution in [-0.4, -0.2) is 0 Å². The number of hydrogen-bond acceptors (Lipinski definition) is 1. The van der Waals surface area contributed by atoms with Gasteiger partial charge in [-0.3, -0.25) is 0 Å². The van der Waals surface area contributed by atoms with Gasteiger partial charge in [0.1, 0.15) is 23.3 Å². The molecule has 2 fully saturated rings. The number of halogens is 2. The summed E-state index contributed by atoms with van der Waals surface area (Å²) in [5.41, 5.74) is 0.221. The van der Waals surface area contributed by atoms with E-state index in [4.69, 9.17) is 5.26 Å². The second-order valence-electron chi connectivity index (χ2n) is 10.00. The van der Waals surface area contributed by atoms with Gasteiger partial charge in [-0.2, -0.15) is 5.26 Å². The van der Waals surface area contributed by atoms with E-state index in [1.54, 1.807) is 6.07 Å². The maximum Gasteiger partial charge on any atom is 0.144 e. The van der Waals surface area contributed by atoms with E-state index >= 15 is 0 Å². The average molecular weight is 416 g/mol. The van der Waals surface area contributed by atoms with Gasteiger partial charge in [-0.05, 0) is 79.9 Å². The minimum atomic E-state index is -0.725. The molecule has 0 radical (unpaired) electrons. The Labute approximate surface area is 182 Å². The first-order chi connectivity index (χ1) is 14.6. The van der Waals surface area contributed by atoms with Crippen LogP contribution >= 0.6 is 0 Å². The van der Waals surface area contributed by atoms with E-state index in [1.165, 1.54) is 95.6 Å². The van der Waals surface area contributed by atoms with E-state index in [0.29, 0.717) is 17.9 Å². The summed E-state index contributed by atoms with van der Waals surface area (Å²) in [5.74, 6) is 2.07. The molecule has 2 aliphatic rings. The summed E-state index contributed by atoms with van der Waals surface area (Å²) >= 11 is 0. The van der Waals surface area contributed by atoms with Crippen molar-refractivity contribution in [1.82, 2.24) is 0 Å². The van der Waals surface area contributed by atoms with E-state index in [2.05, 4.69) is 6.92 Å². The van der Waals surface area contributed by atoms with Crippen LogP contribution in [0.3, 0.4) is 0 Å². The maximum atomic E-state index is 13.8. The normalized spacial score (nSPS) is 27.0. The Balaban J connectivity index is 1.35. The van der Waals surface area contributed by atoms with Crippen LogP contribution < -0.4 is 0 Å². The minimum Gasteiger partial charge on any atom is -0.205 e. The van der Waals surface area contributed by atoms with Gasteiger partial charge in [0.25, 0.3) is 0 Å². The van der Waals surface area contributed by atoms with Crippen molar-refractivity contribution in [2.24, 2.45) is 23.7 Å². The third-order valence-electron chi connectivity index (χ3n) is 7.97. The molecule has 0 spiro atoms. The molecule has 1 nitrogen and oxygen atoms in total. The Morgan fingerprint density at radius 3 is 1.83 bits per heavy atom. The van der Waals surface area contributed by atoms with Gasteiger partial charge in [0.2, 0.25) is 0 Å². The minimum absolute atomic E-state index is 0.463. The van der Waals surface area contributed by atoms with E-state index < -0.39 is 17.2 Å². The number of hydrogen-bond donors (Lipinski definition) is 0. The lowest BCUT2D eigenvalue weighted by atomic mass is 9.68. The number of nitriles is 1. The zero-order valence-corrected chi connectivity index (χ0v) is 18.8.